The van der Waals surface area contributed by atoms with Gasteiger partial charge in [-0.1, -0.05) is 0 Å². The molecule has 0 aromatic carbocycles. The van der Waals surface area contributed by atoms with Crippen LogP contribution in [0.1, 0.15) is 12.8 Å². The van der Waals surface area contributed by atoms with Gasteiger partial charge in [0.2, 0.25) is 5.91 Å². The van der Waals surface area contributed by atoms with Crippen molar-refractivity contribution in [3.05, 3.63) is 0 Å². The molecule has 1 amide bonds. The first kappa shape index (κ1) is 12.1. The van der Waals surface area contributed by atoms with Gasteiger partial charge in [0.25, 0.3) is 5.90 Å². The van der Waals surface area contributed by atoms with E-state index in [1.807, 2.05) is 0 Å². The third kappa shape index (κ3) is 2.19. The van der Waals surface area contributed by atoms with E-state index in [0.29, 0.717) is 18.9 Å². The fraction of sp³-hybridized carbons (Fsp3) is 0.636. The predicted molar refractivity (Wildman–Crippen MR) is 62.9 cm³/mol. The minimum absolute atomic E-state index is 0.0143. The molecule has 0 saturated carbocycles. The van der Waals surface area contributed by atoms with E-state index in [2.05, 4.69) is 15.5 Å². The molecule has 2 fully saturated rings. The Hall–Kier alpha value is -1.96. The van der Waals surface area contributed by atoms with Crippen LogP contribution in [0.25, 0.3) is 0 Å². The number of epoxide rings is 1. The van der Waals surface area contributed by atoms with Crippen molar-refractivity contribution >= 4 is 24.0 Å². The van der Waals surface area contributed by atoms with E-state index in [4.69, 9.17) is 9.47 Å². The smallest absolute Gasteiger partial charge is 0.331 e. The molecule has 0 aliphatic carbocycles. The number of ether oxygens (including phenoxy) is 2. The molecular weight excluding hydrogens is 254 g/mol. The Morgan fingerprint density at radius 2 is 2.37 bits per heavy atom. The van der Waals surface area contributed by atoms with Crippen LogP contribution in [-0.2, 0) is 19.1 Å². The van der Waals surface area contributed by atoms with Gasteiger partial charge in [-0.15, -0.1) is 5.10 Å². The van der Waals surface area contributed by atoms with E-state index in [0.717, 1.165) is 0 Å². The van der Waals surface area contributed by atoms with E-state index in [1.165, 1.54) is 6.21 Å². The zero-order chi connectivity index (χ0) is 13.5. The molecule has 3 aliphatic heterocycles. The van der Waals surface area contributed by atoms with E-state index in [-0.39, 0.29) is 25.0 Å². The number of amides is 1. The Bertz CT molecular complexity index is 481. The van der Waals surface area contributed by atoms with Crippen LogP contribution < -0.4 is 5.32 Å². The fourth-order valence-electron chi connectivity index (χ4n) is 2.20. The van der Waals surface area contributed by atoms with Crippen molar-refractivity contribution in [1.29, 1.82) is 0 Å². The van der Waals surface area contributed by atoms with Crippen molar-refractivity contribution < 1.29 is 24.2 Å². The number of aliphatic carboxylic acids is 1. The molecule has 0 radical (unpaired) electrons. The van der Waals surface area contributed by atoms with Crippen molar-refractivity contribution in [2.75, 3.05) is 13.2 Å². The Kier molecular flexibility index (Phi) is 2.74. The number of hydrogen-bond acceptors (Lipinski definition) is 6. The number of hydrogen-bond donors (Lipinski definition) is 2. The number of carbonyl (C=O) groups is 2. The van der Waals surface area contributed by atoms with Gasteiger partial charge in [0, 0.05) is 25.7 Å². The molecule has 0 spiro atoms. The lowest BCUT2D eigenvalue weighted by atomic mass is 9.96. The lowest BCUT2D eigenvalue weighted by molar-refractivity contribution is -0.148. The van der Waals surface area contributed by atoms with Crippen molar-refractivity contribution in [2.45, 2.75) is 24.5 Å². The molecule has 3 atom stereocenters. The summed E-state index contributed by atoms with van der Waals surface area (Å²) < 4.78 is 10.2. The maximum Gasteiger partial charge on any atom is 0.331 e. The summed E-state index contributed by atoms with van der Waals surface area (Å²) >= 11 is 0. The average Bonchev–Trinajstić information content (AvgIpc) is 2.97. The Morgan fingerprint density at radius 1 is 1.53 bits per heavy atom. The Labute approximate surface area is 108 Å². The van der Waals surface area contributed by atoms with E-state index in [9.17, 15) is 14.7 Å². The summed E-state index contributed by atoms with van der Waals surface area (Å²) in [4.78, 5) is 23.5. The number of rotatable bonds is 3. The molecule has 102 valence electrons. The molecule has 19 heavy (non-hydrogen) atoms. The lowest BCUT2D eigenvalue weighted by Gasteiger charge is -2.25. The number of fused-ring (bicyclic) bond motifs is 1. The third-order valence-corrected chi connectivity index (χ3v) is 3.48. The van der Waals surface area contributed by atoms with Crippen LogP contribution in [-0.4, -0.2) is 54.0 Å². The van der Waals surface area contributed by atoms with Gasteiger partial charge in [0.1, 0.15) is 0 Å². The van der Waals surface area contributed by atoms with Crippen LogP contribution in [0, 0.1) is 5.92 Å². The summed E-state index contributed by atoms with van der Waals surface area (Å²) in [6, 6.07) is 0. The van der Waals surface area contributed by atoms with Crippen molar-refractivity contribution in [3.8, 4) is 0 Å². The van der Waals surface area contributed by atoms with Crippen LogP contribution in [0.4, 0.5) is 0 Å². The number of carboxylic acid groups (broad SMARTS) is 1. The van der Waals surface area contributed by atoms with Crippen molar-refractivity contribution in [1.82, 2.24) is 5.32 Å². The molecular formula is C11H13N3O5. The second-order valence-electron chi connectivity index (χ2n) is 4.83. The van der Waals surface area contributed by atoms with E-state index < -0.39 is 17.4 Å². The van der Waals surface area contributed by atoms with Crippen molar-refractivity contribution in [2.24, 2.45) is 16.1 Å². The third-order valence-electron chi connectivity index (χ3n) is 3.48. The Balaban J connectivity index is 1.69. The highest BCUT2D eigenvalue weighted by atomic mass is 16.6. The quantitative estimate of drug-likeness (QED) is 0.647. The molecule has 3 rings (SSSR count). The van der Waals surface area contributed by atoms with Gasteiger partial charge < -0.3 is 19.9 Å². The molecule has 2 saturated heterocycles. The summed E-state index contributed by atoms with van der Waals surface area (Å²) in [6.07, 6.45) is 1.95. The van der Waals surface area contributed by atoms with Gasteiger partial charge in [-0.25, -0.2) is 4.79 Å². The molecule has 3 heterocycles. The SMILES string of the molecule is O=C(NC1(C(=O)O)CCOC1)C1C=NN=C2OC2C1. The second kappa shape index (κ2) is 4.30. The van der Waals surface area contributed by atoms with E-state index in [1.54, 1.807) is 0 Å². The van der Waals surface area contributed by atoms with Gasteiger partial charge in [-0.2, -0.15) is 5.10 Å². The lowest BCUT2D eigenvalue weighted by Crippen LogP contribution is -2.56. The van der Waals surface area contributed by atoms with E-state index >= 15 is 0 Å². The minimum atomic E-state index is -1.33. The zero-order valence-electron chi connectivity index (χ0n) is 10.0. The minimum Gasteiger partial charge on any atom is -0.479 e. The first-order valence-corrected chi connectivity index (χ1v) is 6.02. The van der Waals surface area contributed by atoms with Crippen LogP contribution >= 0.6 is 0 Å². The first-order valence-electron chi connectivity index (χ1n) is 6.02. The summed E-state index contributed by atoms with van der Waals surface area (Å²) in [5.41, 5.74) is -1.33. The van der Waals surface area contributed by atoms with Gasteiger partial charge in [0.15, 0.2) is 11.6 Å². The largest absolute Gasteiger partial charge is 0.479 e. The monoisotopic (exact) mass is 267 g/mol. The number of carboxylic acids is 1. The Morgan fingerprint density at radius 3 is 3.05 bits per heavy atom. The number of nitrogens with one attached hydrogen (secondary N) is 1. The highest BCUT2D eigenvalue weighted by Gasteiger charge is 2.46. The first-order chi connectivity index (χ1) is 9.11. The molecule has 3 unspecified atom stereocenters. The molecule has 8 heteroatoms. The normalized spacial score (nSPS) is 35.7. The maximum absolute atomic E-state index is 12.2. The van der Waals surface area contributed by atoms with Crippen LogP contribution in [0.15, 0.2) is 10.2 Å². The molecule has 0 aromatic rings. The topological polar surface area (TPSA) is 113 Å². The summed E-state index contributed by atoms with van der Waals surface area (Å²) in [5.74, 6) is -1.47. The standard InChI is InChI=1S/C11H13N3O5/c15-8(6-3-7-9(19-7)14-12-4-6)13-11(10(16)17)1-2-18-5-11/h4,6-7H,1-3,5H2,(H,13,15)(H,16,17). The maximum atomic E-state index is 12.2. The second-order valence-corrected chi connectivity index (χ2v) is 4.83. The average molecular weight is 267 g/mol. The molecule has 0 bridgehead atoms. The van der Waals surface area contributed by atoms with Gasteiger partial charge in [-0.3, -0.25) is 4.79 Å². The predicted octanol–water partition coefficient (Wildman–Crippen LogP) is -0.851. The van der Waals surface area contributed by atoms with Gasteiger partial charge in [-0.05, 0) is 0 Å². The highest BCUT2D eigenvalue weighted by Crippen LogP contribution is 2.26. The number of carbonyl (C=O) groups excluding carboxylic acids is 1. The van der Waals surface area contributed by atoms with Crippen molar-refractivity contribution in [3.63, 3.8) is 0 Å². The van der Waals surface area contributed by atoms with Crippen LogP contribution in [0.5, 0.6) is 0 Å². The molecule has 3 aliphatic rings. The molecule has 2 N–H and O–H groups in total. The van der Waals surface area contributed by atoms with Gasteiger partial charge >= 0.3 is 5.97 Å². The fourth-order valence-corrected chi connectivity index (χ4v) is 2.20. The zero-order valence-corrected chi connectivity index (χ0v) is 10.0. The summed E-state index contributed by atoms with van der Waals surface area (Å²) in [5, 5.41) is 19.3. The van der Waals surface area contributed by atoms with Crippen LogP contribution in [0.2, 0.25) is 0 Å². The van der Waals surface area contributed by atoms with Crippen LogP contribution in [0.3, 0.4) is 0 Å². The highest BCUT2D eigenvalue weighted by molar-refractivity contribution is 6.00. The summed E-state index contributed by atoms with van der Waals surface area (Å²) in [7, 11) is 0. The molecule has 0 aromatic heterocycles. The van der Waals surface area contributed by atoms with Gasteiger partial charge in [0.05, 0.1) is 12.5 Å². The number of nitrogens with zero attached hydrogens (tertiary/aromatic N) is 2. The summed E-state index contributed by atoms with van der Waals surface area (Å²) in [6.45, 7) is 0.309. The molecule has 8 nitrogen and oxygen atoms in total.